The molecule has 2 atom stereocenters. The molecule has 0 amide bonds. The van der Waals surface area contributed by atoms with Crippen LogP contribution in [0.25, 0.3) is 0 Å². The molecule has 210 valence electrons. The third kappa shape index (κ3) is 17.6. The van der Waals surface area contributed by atoms with E-state index in [1.54, 1.807) is 11.6 Å². The number of aromatic nitrogens is 2. The molecular weight excluding hydrogens is 840 g/mol. The van der Waals surface area contributed by atoms with Gasteiger partial charge in [-0.2, -0.15) is 26.0 Å². The maximum atomic E-state index is 13.2. The van der Waals surface area contributed by atoms with Crippen molar-refractivity contribution in [3.8, 4) is 0 Å². The predicted octanol–water partition coefficient (Wildman–Crippen LogP) is 10.4. The second-order valence-electron chi connectivity index (χ2n) is 5.71. The molecular formula is C14H11Br2Cl5F6N2O2S5. The van der Waals surface area contributed by atoms with Crippen molar-refractivity contribution in [3.05, 3.63) is 22.1 Å². The number of thioether (sulfide) groups is 2. The summed E-state index contributed by atoms with van der Waals surface area (Å²) in [5.74, 6) is 0.236. The standard InChI is InChI=1S/C7H5BrCl2F3NS2.C7H6BrClF3NS2.Cl2O2S/c8-7(12,13)6(10,11)1-2-15-5-14-3-4(9)16-5;8-7(11,12)6(9,10)1-3-14-5-13-2-4-15-5;1-5(2,3)4/h3H,1-2H2;2,4H,1,3H2;. The van der Waals surface area contributed by atoms with Gasteiger partial charge in [0.25, 0.3) is 10.3 Å². The molecule has 2 rings (SSSR count). The summed E-state index contributed by atoms with van der Waals surface area (Å²) < 4.78 is 96.8. The minimum atomic E-state index is -3.75. The molecule has 2 heterocycles. The van der Waals surface area contributed by atoms with E-state index in [9.17, 15) is 26.3 Å². The summed E-state index contributed by atoms with van der Waals surface area (Å²) in [6, 6.07) is 0. The number of thiazole rings is 2. The summed E-state index contributed by atoms with van der Waals surface area (Å²) in [5, 5.41) is -4.40. The maximum Gasteiger partial charge on any atom is 0.348 e. The van der Waals surface area contributed by atoms with Crippen LogP contribution in [0.15, 0.2) is 26.5 Å². The highest BCUT2D eigenvalue weighted by molar-refractivity contribution is 9.10. The Balaban J connectivity index is 0.000000575. The molecule has 0 radical (unpaired) electrons. The number of halogens is 13. The Morgan fingerprint density at radius 3 is 1.61 bits per heavy atom. The van der Waals surface area contributed by atoms with Crippen LogP contribution < -0.4 is 0 Å². The van der Waals surface area contributed by atoms with Gasteiger partial charge in [-0.05, 0) is 31.9 Å². The van der Waals surface area contributed by atoms with E-state index in [1.807, 2.05) is 31.9 Å². The first kappa shape index (κ1) is 37.9. The molecule has 0 N–H and O–H groups in total. The van der Waals surface area contributed by atoms with Crippen molar-refractivity contribution < 1.29 is 34.8 Å². The number of rotatable bonds is 10. The Bertz CT molecular complexity index is 1000. The first-order chi connectivity index (χ1) is 16.1. The van der Waals surface area contributed by atoms with Gasteiger partial charge in [0.2, 0.25) is 0 Å². The van der Waals surface area contributed by atoms with Crippen LogP contribution in [0.4, 0.5) is 26.3 Å². The van der Waals surface area contributed by atoms with Gasteiger partial charge >= 0.3 is 17.9 Å². The highest BCUT2D eigenvalue weighted by atomic mass is 79.9. The molecule has 0 aromatic carbocycles. The SMILES string of the molecule is FC(F)(Br)C(F)(Cl)CCSc1ncc(Cl)s1.FC(F)(Br)C(F)(Cl)CCSc1nccs1.O=S(=O)(Cl)Cl. The van der Waals surface area contributed by atoms with Crippen LogP contribution in [-0.2, 0) is 8.26 Å². The zero-order valence-corrected chi connectivity index (χ0v) is 27.8. The molecule has 0 spiro atoms. The molecule has 2 aromatic heterocycles. The lowest BCUT2D eigenvalue weighted by Gasteiger charge is -2.22. The van der Waals surface area contributed by atoms with Gasteiger partial charge in [-0.1, -0.05) is 69.7 Å². The predicted molar refractivity (Wildman–Crippen MR) is 148 cm³/mol. The van der Waals surface area contributed by atoms with Gasteiger partial charge < -0.3 is 0 Å². The molecule has 2 unspecified atom stereocenters. The molecule has 22 heteroatoms. The van der Waals surface area contributed by atoms with Crippen molar-refractivity contribution >= 4 is 142 Å². The third-order valence-electron chi connectivity index (χ3n) is 2.98. The van der Waals surface area contributed by atoms with Crippen LogP contribution in [0.3, 0.4) is 0 Å². The maximum absolute atomic E-state index is 13.2. The number of nitrogens with zero attached hydrogens (tertiary/aromatic N) is 2. The van der Waals surface area contributed by atoms with Crippen LogP contribution in [0.5, 0.6) is 0 Å². The fourth-order valence-corrected chi connectivity index (χ4v) is 6.18. The molecule has 0 bridgehead atoms. The first-order valence-corrected chi connectivity index (χ1v) is 17.9. The van der Waals surface area contributed by atoms with Crippen molar-refractivity contribution in [3.63, 3.8) is 0 Å². The van der Waals surface area contributed by atoms with E-state index in [0.29, 0.717) is 13.0 Å². The first-order valence-electron chi connectivity index (χ1n) is 8.35. The average molecular weight is 851 g/mol. The zero-order chi connectivity index (χ0) is 28.4. The summed E-state index contributed by atoms with van der Waals surface area (Å²) in [7, 11) is 4.81. The van der Waals surface area contributed by atoms with Gasteiger partial charge in [-0.15, -0.1) is 11.3 Å². The molecule has 0 aliphatic heterocycles. The molecule has 4 nitrogen and oxygen atoms in total. The third-order valence-corrected chi connectivity index (χ3v) is 9.79. The van der Waals surface area contributed by atoms with E-state index in [0.717, 1.165) is 11.8 Å². The minimum absolute atomic E-state index is 0.0883. The molecule has 0 aliphatic rings. The lowest BCUT2D eigenvalue weighted by Crippen LogP contribution is -2.34. The zero-order valence-electron chi connectivity index (χ0n) is 16.7. The molecule has 36 heavy (non-hydrogen) atoms. The quantitative estimate of drug-likeness (QED) is 0.103. The fourth-order valence-electron chi connectivity index (χ4n) is 1.40. The molecule has 0 saturated heterocycles. The molecule has 2 aromatic rings. The van der Waals surface area contributed by atoms with E-state index in [4.69, 9.17) is 43.2 Å². The van der Waals surface area contributed by atoms with Crippen molar-refractivity contribution in [1.29, 1.82) is 0 Å². The Labute approximate surface area is 259 Å². The largest absolute Gasteiger partial charge is 0.348 e. The van der Waals surface area contributed by atoms with E-state index >= 15 is 0 Å². The minimum Gasteiger partial charge on any atom is -0.238 e. The van der Waals surface area contributed by atoms with Gasteiger partial charge in [-0.25, -0.2) is 18.7 Å². The summed E-state index contributed by atoms with van der Waals surface area (Å²) in [6.07, 6.45) is 2.07. The van der Waals surface area contributed by atoms with Crippen molar-refractivity contribution in [1.82, 2.24) is 9.97 Å². The highest BCUT2D eigenvalue weighted by Gasteiger charge is 2.52. The second-order valence-corrected chi connectivity index (χ2v) is 17.8. The van der Waals surface area contributed by atoms with Gasteiger partial charge in [0.15, 0.2) is 4.34 Å². The van der Waals surface area contributed by atoms with Gasteiger partial charge in [0.1, 0.15) is 8.68 Å². The summed E-state index contributed by atoms with van der Waals surface area (Å²) in [5.41, 5.74) is 0. The van der Waals surface area contributed by atoms with E-state index < -0.39 is 41.0 Å². The normalized spacial score (nSPS) is 15.6. The van der Waals surface area contributed by atoms with Gasteiger partial charge in [-0.3, -0.25) is 0 Å². The fraction of sp³-hybridized carbons (Fsp3) is 0.571. The van der Waals surface area contributed by atoms with Gasteiger partial charge in [0.05, 0.1) is 6.20 Å². The Morgan fingerprint density at radius 1 is 0.889 bits per heavy atom. The van der Waals surface area contributed by atoms with E-state index in [2.05, 4.69) is 31.3 Å². The summed E-state index contributed by atoms with van der Waals surface area (Å²) in [6.45, 7) is 0. The Morgan fingerprint density at radius 2 is 1.31 bits per heavy atom. The average Bonchev–Trinajstić information content (AvgIpc) is 3.30. The second kappa shape index (κ2) is 16.4. The van der Waals surface area contributed by atoms with Crippen LogP contribution in [0.1, 0.15) is 12.8 Å². The summed E-state index contributed by atoms with van der Waals surface area (Å²) >= 11 is 24.5. The van der Waals surface area contributed by atoms with E-state index in [-0.39, 0.29) is 11.5 Å². The number of hydrogen-bond acceptors (Lipinski definition) is 8. The summed E-state index contributed by atoms with van der Waals surface area (Å²) in [4.78, 5) is 0.332. The van der Waals surface area contributed by atoms with Crippen LogP contribution in [0, 0.1) is 0 Å². The topological polar surface area (TPSA) is 59.9 Å². The van der Waals surface area contributed by atoms with Gasteiger partial charge in [0, 0.05) is 57.3 Å². The molecule has 0 saturated carbocycles. The monoisotopic (exact) mass is 846 g/mol. The molecule has 0 fully saturated rings. The van der Waals surface area contributed by atoms with Crippen molar-refractivity contribution in [2.45, 2.75) is 41.4 Å². The van der Waals surface area contributed by atoms with Crippen LogP contribution in [0.2, 0.25) is 4.34 Å². The smallest absolute Gasteiger partial charge is 0.238 e. The van der Waals surface area contributed by atoms with E-state index in [1.165, 1.54) is 40.6 Å². The van der Waals surface area contributed by atoms with Crippen molar-refractivity contribution in [2.24, 2.45) is 0 Å². The van der Waals surface area contributed by atoms with Crippen molar-refractivity contribution in [2.75, 3.05) is 11.5 Å². The van der Waals surface area contributed by atoms with Crippen LogP contribution in [-0.4, -0.2) is 49.8 Å². The number of alkyl halides is 10. The Kier molecular flexibility index (Phi) is 17.2. The lowest BCUT2D eigenvalue weighted by atomic mass is 10.3. The van der Waals surface area contributed by atoms with Crippen LogP contribution >= 0.6 is 134 Å². The number of hydrogen-bond donors (Lipinski definition) is 0. The lowest BCUT2D eigenvalue weighted by molar-refractivity contribution is -0.00623. The Hall–Kier alpha value is 1.90. The molecule has 0 aliphatic carbocycles. The highest BCUT2D eigenvalue weighted by Crippen LogP contribution is 2.45.